The summed E-state index contributed by atoms with van der Waals surface area (Å²) in [6.07, 6.45) is 7.56. The van der Waals surface area contributed by atoms with Crippen LogP contribution in [0.5, 0.6) is 0 Å². The van der Waals surface area contributed by atoms with Gasteiger partial charge >= 0.3 is 5.97 Å². The number of imidazole rings is 1. The number of esters is 1. The Morgan fingerprint density at radius 3 is 2.82 bits per heavy atom. The van der Waals surface area contributed by atoms with Crippen molar-refractivity contribution in [3.05, 3.63) is 95.2 Å². The molecule has 0 bridgehead atoms. The van der Waals surface area contributed by atoms with Crippen molar-refractivity contribution < 1.29 is 9.53 Å². The standard InChI is InChI=1S/C23H21N3O2/c1-16-20(12-19-13-24-15-25-19)21-11-17(7-9-22(21)26-16)8-10-23(27)28-14-18-5-3-2-4-6-18/h2-11,13,15,26H,12,14H2,1H3,(H,24,25)/b10-8+. The van der Waals surface area contributed by atoms with Crippen LogP contribution in [-0.2, 0) is 22.6 Å². The number of carbonyl (C=O) groups is 1. The Kier molecular flexibility index (Phi) is 5.06. The van der Waals surface area contributed by atoms with E-state index < -0.39 is 0 Å². The molecule has 4 aromatic rings. The maximum absolute atomic E-state index is 12.0. The molecule has 0 aliphatic heterocycles. The number of nitrogens with one attached hydrogen (secondary N) is 2. The lowest BCUT2D eigenvalue weighted by atomic mass is 10.0. The predicted octanol–water partition coefficient (Wildman–Crippen LogP) is 4.55. The summed E-state index contributed by atoms with van der Waals surface area (Å²) in [7, 11) is 0. The summed E-state index contributed by atoms with van der Waals surface area (Å²) in [5.41, 5.74) is 6.42. The van der Waals surface area contributed by atoms with Crippen LogP contribution in [0.4, 0.5) is 0 Å². The molecule has 5 heteroatoms. The summed E-state index contributed by atoms with van der Waals surface area (Å²) < 4.78 is 5.29. The number of hydrogen-bond donors (Lipinski definition) is 2. The van der Waals surface area contributed by atoms with Crippen molar-refractivity contribution in [2.45, 2.75) is 20.0 Å². The Hall–Kier alpha value is -3.60. The van der Waals surface area contributed by atoms with Crippen LogP contribution in [0.15, 0.2) is 67.1 Å². The lowest BCUT2D eigenvalue weighted by Crippen LogP contribution is -2.00. The highest BCUT2D eigenvalue weighted by atomic mass is 16.5. The fourth-order valence-electron chi connectivity index (χ4n) is 3.24. The molecule has 0 saturated carbocycles. The second kappa shape index (κ2) is 7.96. The molecule has 0 saturated heterocycles. The number of aromatic nitrogens is 3. The van der Waals surface area contributed by atoms with Crippen LogP contribution < -0.4 is 0 Å². The van der Waals surface area contributed by atoms with E-state index >= 15 is 0 Å². The Labute approximate surface area is 163 Å². The number of carbonyl (C=O) groups excluding carboxylic acids is 1. The lowest BCUT2D eigenvalue weighted by molar-refractivity contribution is -0.138. The van der Waals surface area contributed by atoms with E-state index in [4.69, 9.17) is 4.74 Å². The van der Waals surface area contributed by atoms with Crippen LogP contribution in [-0.4, -0.2) is 20.9 Å². The number of aryl methyl sites for hydroxylation is 1. The van der Waals surface area contributed by atoms with E-state index in [1.807, 2.05) is 48.7 Å². The minimum absolute atomic E-state index is 0.272. The third-order valence-electron chi connectivity index (χ3n) is 4.70. The highest BCUT2D eigenvalue weighted by Gasteiger charge is 2.10. The molecule has 0 aliphatic rings. The number of H-pyrrole nitrogens is 2. The smallest absolute Gasteiger partial charge is 0.331 e. The van der Waals surface area contributed by atoms with E-state index in [2.05, 4.69) is 27.9 Å². The van der Waals surface area contributed by atoms with Gasteiger partial charge in [0, 0.05) is 41.0 Å². The average Bonchev–Trinajstić information content (AvgIpc) is 3.34. The first kappa shape index (κ1) is 17.8. The van der Waals surface area contributed by atoms with Crippen molar-refractivity contribution in [2.24, 2.45) is 0 Å². The molecule has 0 spiro atoms. The summed E-state index contributed by atoms with van der Waals surface area (Å²) >= 11 is 0. The van der Waals surface area contributed by atoms with Gasteiger partial charge in [0.25, 0.3) is 0 Å². The van der Waals surface area contributed by atoms with Crippen LogP contribution >= 0.6 is 0 Å². The number of fused-ring (bicyclic) bond motifs is 1. The molecule has 5 nitrogen and oxygen atoms in total. The molecule has 0 atom stereocenters. The molecule has 0 unspecified atom stereocenters. The molecule has 0 aliphatic carbocycles. The summed E-state index contributed by atoms with van der Waals surface area (Å²) in [5.74, 6) is -0.355. The Morgan fingerprint density at radius 1 is 1.18 bits per heavy atom. The number of rotatable bonds is 6. The molecule has 2 aromatic carbocycles. The van der Waals surface area contributed by atoms with Gasteiger partial charge in [-0.05, 0) is 41.8 Å². The van der Waals surface area contributed by atoms with Gasteiger partial charge in [0.15, 0.2) is 0 Å². The zero-order valence-electron chi connectivity index (χ0n) is 15.6. The third-order valence-corrected chi connectivity index (χ3v) is 4.70. The molecular weight excluding hydrogens is 350 g/mol. The number of nitrogens with zero attached hydrogens (tertiary/aromatic N) is 1. The minimum atomic E-state index is -0.355. The van der Waals surface area contributed by atoms with Gasteiger partial charge in [-0.1, -0.05) is 36.4 Å². The van der Waals surface area contributed by atoms with Crippen LogP contribution in [0.2, 0.25) is 0 Å². The van der Waals surface area contributed by atoms with Gasteiger partial charge in [-0.2, -0.15) is 0 Å². The molecule has 0 fully saturated rings. The van der Waals surface area contributed by atoms with E-state index in [0.717, 1.165) is 39.8 Å². The van der Waals surface area contributed by atoms with Gasteiger partial charge < -0.3 is 14.7 Å². The van der Waals surface area contributed by atoms with Gasteiger partial charge in [0.1, 0.15) is 6.61 Å². The SMILES string of the molecule is Cc1[nH]c2ccc(/C=C/C(=O)OCc3ccccc3)cc2c1Cc1cnc[nH]1. The molecule has 4 rings (SSSR count). The molecule has 2 aromatic heterocycles. The number of hydrogen-bond acceptors (Lipinski definition) is 3. The average molecular weight is 371 g/mol. The van der Waals surface area contributed by atoms with Gasteiger partial charge in [0.2, 0.25) is 0 Å². The van der Waals surface area contributed by atoms with Crippen molar-refractivity contribution >= 4 is 22.9 Å². The normalized spacial score (nSPS) is 11.3. The van der Waals surface area contributed by atoms with Crippen LogP contribution in [0.3, 0.4) is 0 Å². The van der Waals surface area contributed by atoms with Crippen LogP contribution in [0.1, 0.15) is 28.1 Å². The van der Waals surface area contributed by atoms with Gasteiger partial charge in [-0.15, -0.1) is 0 Å². The summed E-state index contributed by atoms with van der Waals surface area (Å²) in [4.78, 5) is 22.7. The molecule has 2 heterocycles. The van der Waals surface area contributed by atoms with E-state index in [0.29, 0.717) is 0 Å². The van der Waals surface area contributed by atoms with Crippen molar-refractivity contribution in [1.82, 2.24) is 15.0 Å². The zero-order chi connectivity index (χ0) is 19.3. The highest BCUT2D eigenvalue weighted by molar-refractivity contribution is 5.90. The first-order chi connectivity index (χ1) is 13.7. The molecule has 0 amide bonds. The first-order valence-corrected chi connectivity index (χ1v) is 9.16. The fraction of sp³-hybridized carbons (Fsp3) is 0.130. The topological polar surface area (TPSA) is 70.8 Å². The van der Waals surface area contributed by atoms with Crippen LogP contribution in [0, 0.1) is 6.92 Å². The monoisotopic (exact) mass is 371 g/mol. The second-order valence-corrected chi connectivity index (χ2v) is 6.71. The van der Waals surface area contributed by atoms with E-state index in [9.17, 15) is 4.79 Å². The van der Waals surface area contributed by atoms with E-state index in [1.54, 1.807) is 12.4 Å². The maximum Gasteiger partial charge on any atom is 0.331 e. The van der Waals surface area contributed by atoms with Gasteiger partial charge in [-0.3, -0.25) is 0 Å². The third kappa shape index (κ3) is 4.04. The summed E-state index contributed by atoms with van der Waals surface area (Å²) in [6.45, 7) is 2.34. The number of aromatic amines is 2. The van der Waals surface area contributed by atoms with Gasteiger partial charge in [-0.25, -0.2) is 9.78 Å². The van der Waals surface area contributed by atoms with Crippen molar-refractivity contribution in [2.75, 3.05) is 0 Å². The highest BCUT2D eigenvalue weighted by Crippen LogP contribution is 2.25. The quantitative estimate of drug-likeness (QED) is 0.386. The number of benzene rings is 2. The lowest BCUT2D eigenvalue weighted by Gasteiger charge is -2.02. The van der Waals surface area contributed by atoms with Gasteiger partial charge in [0.05, 0.1) is 6.33 Å². The fourth-order valence-corrected chi connectivity index (χ4v) is 3.24. The summed E-state index contributed by atoms with van der Waals surface area (Å²) in [5, 5.41) is 1.15. The molecule has 0 radical (unpaired) electrons. The first-order valence-electron chi connectivity index (χ1n) is 9.16. The predicted molar refractivity (Wildman–Crippen MR) is 110 cm³/mol. The Morgan fingerprint density at radius 2 is 2.04 bits per heavy atom. The second-order valence-electron chi connectivity index (χ2n) is 6.71. The van der Waals surface area contributed by atoms with Crippen LogP contribution in [0.25, 0.3) is 17.0 Å². The molecule has 2 N–H and O–H groups in total. The van der Waals surface area contributed by atoms with Crippen molar-refractivity contribution in [3.63, 3.8) is 0 Å². The zero-order valence-corrected chi connectivity index (χ0v) is 15.6. The minimum Gasteiger partial charge on any atom is -0.458 e. The Bertz CT molecular complexity index is 1110. The molecule has 28 heavy (non-hydrogen) atoms. The number of ether oxygens (including phenoxy) is 1. The molecule has 140 valence electrons. The summed E-state index contributed by atoms with van der Waals surface area (Å²) in [6, 6.07) is 15.8. The van der Waals surface area contributed by atoms with E-state index in [-0.39, 0.29) is 12.6 Å². The Balaban J connectivity index is 1.49. The molecular formula is C23H21N3O2. The van der Waals surface area contributed by atoms with Crippen molar-refractivity contribution in [1.29, 1.82) is 0 Å². The maximum atomic E-state index is 12.0. The largest absolute Gasteiger partial charge is 0.458 e. The van der Waals surface area contributed by atoms with E-state index in [1.165, 1.54) is 11.6 Å². The van der Waals surface area contributed by atoms with Crippen molar-refractivity contribution in [3.8, 4) is 0 Å².